The van der Waals surface area contributed by atoms with E-state index in [1.165, 1.54) is 12.1 Å². The van der Waals surface area contributed by atoms with Crippen LogP contribution < -0.4 is 0 Å². The molecule has 0 aromatic heterocycles. The Morgan fingerprint density at radius 1 is 1.31 bits per heavy atom. The van der Waals surface area contributed by atoms with Crippen LogP contribution in [-0.4, -0.2) is 5.78 Å². The maximum atomic E-state index is 13.2. The van der Waals surface area contributed by atoms with Crippen molar-refractivity contribution < 1.29 is 9.18 Å². The smallest absolute Gasteiger partial charge is 0.136 e. The molecule has 0 N–H and O–H groups in total. The minimum Gasteiger partial charge on any atom is -0.299 e. The second-order valence-electron chi connectivity index (χ2n) is 4.39. The monoisotopic (exact) mass is 284 g/mol. The van der Waals surface area contributed by atoms with Crippen molar-refractivity contribution in [2.24, 2.45) is 5.92 Å². The van der Waals surface area contributed by atoms with Gasteiger partial charge < -0.3 is 0 Å². The van der Waals surface area contributed by atoms with Gasteiger partial charge in [0.2, 0.25) is 0 Å². The zero-order valence-corrected chi connectivity index (χ0v) is 10.6. The summed E-state index contributed by atoms with van der Waals surface area (Å²) in [7, 11) is 0. The first-order valence-corrected chi connectivity index (χ1v) is 6.42. The number of rotatable bonds is 2. The van der Waals surface area contributed by atoms with Crippen molar-refractivity contribution in [3.05, 3.63) is 34.1 Å². The number of carbonyl (C=O) groups is 1. The van der Waals surface area contributed by atoms with Gasteiger partial charge in [-0.3, -0.25) is 4.79 Å². The summed E-state index contributed by atoms with van der Waals surface area (Å²) in [5.41, 5.74) is 0.909. The normalized spacial score (nSPS) is 21.1. The SMILES string of the molecule is O=C1CCCCC1Cc1cc(F)cc(Br)c1. The fourth-order valence-electron chi connectivity index (χ4n) is 2.28. The van der Waals surface area contributed by atoms with Gasteiger partial charge in [0.15, 0.2) is 0 Å². The Bertz CT molecular complexity index is 383. The van der Waals surface area contributed by atoms with Crippen LogP contribution in [0.3, 0.4) is 0 Å². The lowest BCUT2D eigenvalue weighted by Gasteiger charge is -2.20. The molecule has 0 bridgehead atoms. The highest BCUT2D eigenvalue weighted by atomic mass is 79.9. The Hall–Kier alpha value is -0.700. The summed E-state index contributed by atoms with van der Waals surface area (Å²) in [6.45, 7) is 0. The van der Waals surface area contributed by atoms with Crippen molar-refractivity contribution in [1.82, 2.24) is 0 Å². The molecule has 16 heavy (non-hydrogen) atoms. The van der Waals surface area contributed by atoms with Crippen molar-refractivity contribution in [1.29, 1.82) is 0 Å². The number of hydrogen-bond donors (Lipinski definition) is 0. The lowest BCUT2D eigenvalue weighted by molar-refractivity contribution is -0.124. The minimum atomic E-state index is -0.243. The highest BCUT2D eigenvalue weighted by Gasteiger charge is 2.22. The van der Waals surface area contributed by atoms with Crippen LogP contribution in [0.5, 0.6) is 0 Å². The summed E-state index contributed by atoms with van der Waals surface area (Å²) >= 11 is 3.27. The molecule has 1 aliphatic carbocycles. The quantitative estimate of drug-likeness (QED) is 0.805. The highest BCUT2D eigenvalue weighted by Crippen LogP contribution is 2.25. The molecule has 1 fully saturated rings. The summed E-state index contributed by atoms with van der Waals surface area (Å²) in [6.07, 6.45) is 4.46. The fraction of sp³-hybridized carbons (Fsp3) is 0.462. The summed E-state index contributed by atoms with van der Waals surface area (Å²) in [6, 6.07) is 4.85. The molecule has 0 saturated heterocycles. The molecular formula is C13H14BrFO. The van der Waals surface area contributed by atoms with Crippen LogP contribution in [0, 0.1) is 11.7 Å². The molecule has 0 spiro atoms. The third-order valence-electron chi connectivity index (χ3n) is 3.09. The van der Waals surface area contributed by atoms with Crippen molar-refractivity contribution in [2.45, 2.75) is 32.1 Å². The predicted octanol–water partition coefficient (Wildman–Crippen LogP) is 3.89. The van der Waals surface area contributed by atoms with E-state index in [4.69, 9.17) is 0 Å². The molecule has 86 valence electrons. The molecule has 0 amide bonds. The largest absolute Gasteiger partial charge is 0.299 e. The standard InChI is InChI=1S/C13H14BrFO/c14-11-6-9(7-12(15)8-11)5-10-3-1-2-4-13(10)16/h6-8,10H,1-5H2. The van der Waals surface area contributed by atoms with E-state index in [0.717, 1.165) is 29.3 Å². The van der Waals surface area contributed by atoms with Gasteiger partial charge in [-0.2, -0.15) is 0 Å². The third kappa shape index (κ3) is 2.91. The molecule has 0 aliphatic heterocycles. The van der Waals surface area contributed by atoms with Crippen LogP contribution in [0.4, 0.5) is 4.39 Å². The van der Waals surface area contributed by atoms with Crippen molar-refractivity contribution in [2.75, 3.05) is 0 Å². The third-order valence-corrected chi connectivity index (χ3v) is 3.54. The maximum Gasteiger partial charge on any atom is 0.136 e. The minimum absolute atomic E-state index is 0.0995. The van der Waals surface area contributed by atoms with E-state index in [9.17, 15) is 9.18 Å². The van der Waals surface area contributed by atoms with Crippen molar-refractivity contribution in [3.63, 3.8) is 0 Å². The van der Waals surface area contributed by atoms with Gasteiger partial charge in [-0.15, -0.1) is 0 Å². The van der Waals surface area contributed by atoms with Crippen molar-refractivity contribution in [3.8, 4) is 0 Å². The van der Waals surface area contributed by atoms with Gasteiger partial charge in [0.05, 0.1) is 0 Å². The zero-order chi connectivity index (χ0) is 11.5. The van der Waals surface area contributed by atoms with Crippen LogP contribution >= 0.6 is 15.9 Å². The molecule has 1 aliphatic rings. The van der Waals surface area contributed by atoms with Gasteiger partial charge in [-0.05, 0) is 43.0 Å². The summed E-state index contributed by atoms with van der Waals surface area (Å²) in [5, 5.41) is 0. The van der Waals surface area contributed by atoms with E-state index in [1.807, 2.05) is 6.07 Å². The van der Waals surface area contributed by atoms with E-state index in [0.29, 0.717) is 18.6 Å². The number of ketones is 1. The molecule has 1 unspecified atom stereocenters. The zero-order valence-electron chi connectivity index (χ0n) is 9.01. The van der Waals surface area contributed by atoms with Crippen LogP contribution in [-0.2, 0) is 11.2 Å². The predicted molar refractivity (Wildman–Crippen MR) is 64.8 cm³/mol. The molecule has 1 nitrogen and oxygen atoms in total. The molecule has 1 atom stereocenters. The molecule has 2 rings (SSSR count). The second-order valence-corrected chi connectivity index (χ2v) is 5.31. The Morgan fingerprint density at radius 2 is 2.12 bits per heavy atom. The van der Waals surface area contributed by atoms with Gasteiger partial charge in [-0.25, -0.2) is 4.39 Å². The summed E-state index contributed by atoms with van der Waals surface area (Å²) in [5.74, 6) is 0.196. The lowest BCUT2D eigenvalue weighted by Crippen LogP contribution is -2.21. The first-order chi connectivity index (χ1) is 7.65. The van der Waals surface area contributed by atoms with E-state index < -0.39 is 0 Å². The first kappa shape index (κ1) is 11.8. The number of benzene rings is 1. The van der Waals surface area contributed by atoms with Gasteiger partial charge in [0, 0.05) is 16.8 Å². The number of halogens is 2. The average molecular weight is 285 g/mol. The van der Waals surface area contributed by atoms with E-state index in [1.54, 1.807) is 0 Å². The Kier molecular flexibility index (Phi) is 3.74. The van der Waals surface area contributed by atoms with Crippen LogP contribution in [0.1, 0.15) is 31.2 Å². The summed E-state index contributed by atoms with van der Waals surface area (Å²) in [4.78, 5) is 11.7. The van der Waals surface area contributed by atoms with Gasteiger partial charge in [-0.1, -0.05) is 22.4 Å². The number of hydrogen-bond acceptors (Lipinski definition) is 1. The molecule has 1 aromatic carbocycles. The lowest BCUT2D eigenvalue weighted by atomic mass is 9.84. The highest BCUT2D eigenvalue weighted by molar-refractivity contribution is 9.10. The topological polar surface area (TPSA) is 17.1 Å². The molecule has 1 aromatic rings. The van der Waals surface area contributed by atoms with Gasteiger partial charge >= 0.3 is 0 Å². The first-order valence-electron chi connectivity index (χ1n) is 5.63. The molecule has 0 heterocycles. The molecule has 3 heteroatoms. The average Bonchev–Trinajstić information content (AvgIpc) is 2.20. The van der Waals surface area contributed by atoms with Crippen LogP contribution in [0.25, 0.3) is 0 Å². The number of carbonyl (C=O) groups excluding carboxylic acids is 1. The van der Waals surface area contributed by atoms with E-state index in [2.05, 4.69) is 15.9 Å². The Labute approximate surface area is 103 Å². The van der Waals surface area contributed by atoms with E-state index >= 15 is 0 Å². The Balaban J connectivity index is 2.10. The van der Waals surface area contributed by atoms with Gasteiger partial charge in [0.25, 0.3) is 0 Å². The van der Waals surface area contributed by atoms with Crippen LogP contribution in [0.15, 0.2) is 22.7 Å². The van der Waals surface area contributed by atoms with Gasteiger partial charge in [0.1, 0.15) is 11.6 Å². The number of Topliss-reactive ketones (excluding diaryl/α,β-unsaturated/α-hetero) is 1. The van der Waals surface area contributed by atoms with Crippen LogP contribution in [0.2, 0.25) is 0 Å². The molecule has 0 radical (unpaired) electrons. The molecule has 1 saturated carbocycles. The molecular weight excluding hydrogens is 271 g/mol. The Morgan fingerprint density at radius 3 is 2.81 bits per heavy atom. The second kappa shape index (κ2) is 5.09. The fourth-order valence-corrected chi connectivity index (χ4v) is 2.80. The maximum absolute atomic E-state index is 13.2. The van der Waals surface area contributed by atoms with E-state index in [-0.39, 0.29) is 11.7 Å². The summed E-state index contributed by atoms with van der Waals surface area (Å²) < 4.78 is 13.9. The van der Waals surface area contributed by atoms with Crippen molar-refractivity contribution >= 4 is 21.7 Å².